The Labute approximate surface area is 261 Å². The Bertz CT molecular complexity index is 1570. The fraction of sp³-hybridized carbons (Fsp3) is 0.393. The Balaban J connectivity index is 1.42. The molecule has 1 aliphatic rings. The third kappa shape index (κ3) is 7.34. The smallest absolute Gasteiger partial charge is 0.411 e. The van der Waals surface area contributed by atoms with Gasteiger partial charge in [0.1, 0.15) is 35.7 Å². The molecule has 3 heterocycles. The van der Waals surface area contributed by atoms with Gasteiger partial charge < -0.3 is 23.9 Å². The fourth-order valence-electron chi connectivity index (χ4n) is 4.27. The van der Waals surface area contributed by atoms with E-state index in [1.165, 1.54) is 6.33 Å². The van der Waals surface area contributed by atoms with Crippen LogP contribution in [0.3, 0.4) is 0 Å². The van der Waals surface area contributed by atoms with Gasteiger partial charge in [-0.2, -0.15) is 0 Å². The molecule has 11 nitrogen and oxygen atoms in total. The van der Waals surface area contributed by atoms with E-state index in [0.717, 1.165) is 0 Å². The topological polar surface area (TPSA) is 133 Å². The standard InChI is InChI=1S/C28H34Cl2N5O6PSi/c1-28(2,3)43(4,5)41-22-14-24(35-17-34-25-26(31)32-16-33-27(25)35)38-23(22)15-37-42(36,39-20-10-6-18(29)7-11-20)40-21-12-8-19(30)9-13-21/h6-13,16-17,22-24H,14-15H2,1-5H3,(H2,31,32,33)/t22-,23+,24+/m0/s1. The Morgan fingerprint density at radius 3 is 2.14 bits per heavy atom. The molecular formula is C28H34Cl2N5O6PSi. The van der Waals surface area contributed by atoms with E-state index >= 15 is 0 Å². The lowest BCUT2D eigenvalue weighted by Gasteiger charge is -2.39. The summed E-state index contributed by atoms with van der Waals surface area (Å²) in [4.78, 5) is 12.8. The molecule has 0 radical (unpaired) electrons. The molecule has 0 saturated carbocycles. The van der Waals surface area contributed by atoms with Crippen LogP contribution in [0.15, 0.2) is 61.2 Å². The van der Waals surface area contributed by atoms with Gasteiger partial charge in [0.25, 0.3) is 0 Å². The van der Waals surface area contributed by atoms with Gasteiger partial charge in [0.05, 0.1) is 19.0 Å². The summed E-state index contributed by atoms with van der Waals surface area (Å²) in [6.07, 6.45) is 1.93. The van der Waals surface area contributed by atoms with Gasteiger partial charge in [0.2, 0.25) is 0 Å². The molecule has 0 aliphatic carbocycles. The van der Waals surface area contributed by atoms with E-state index in [0.29, 0.717) is 27.6 Å². The quantitative estimate of drug-likeness (QED) is 0.133. The van der Waals surface area contributed by atoms with E-state index in [1.807, 2.05) is 0 Å². The van der Waals surface area contributed by atoms with Crippen molar-refractivity contribution >= 4 is 56.3 Å². The van der Waals surface area contributed by atoms with Crippen LogP contribution in [0.5, 0.6) is 11.5 Å². The van der Waals surface area contributed by atoms with E-state index in [1.54, 1.807) is 59.4 Å². The second-order valence-electron chi connectivity index (χ2n) is 11.7. The van der Waals surface area contributed by atoms with Crippen molar-refractivity contribution in [3.05, 3.63) is 71.2 Å². The SMILES string of the molecule is CC(C)(C)[Si](C)(C)O[C@H]1C[C@H](n2cnc3c(N)ncnc32)O[C@@H]1COP(=O)(Oc1ccc(Cl)cc1)Oc1ccc(Cl)cc1. The molecule has 1 aliphatic heterocycles. The highest BCUT2D eigenvalue weighted by Crippen LogP contribution is 2.51. The third-order valence-corrected chi connectivity index (χ3v) is 13.9. The largest absolute Gasteiger partial charge is 0.587 e. The lowest BCUT2D eigenvalue weighted by Crippen LogP contribution is -2.46. The third-order valence-electron chi connectivity index (χ3n) is 7.59. The zero-order valence-electron chi connectivity index (χ0n) is 24.4. The highest BCUT2D eigenvalue weighted by molar-refractivity contribution is 7.49. The van der Waals surface area contributed by atoms with Crippen LogP contribution in [-0.2, 0) is 18.3 Å². The van der Waals surface area contributed by atoms with Crippen molar-refractivity contribution in [2.45, 2.75) is 63.8 Å². The van der Waals surface area contributed by atoms with E-state index in [9.17, 15) is 4.57 Å². The van der Waals surface area contributed by atoms with Gasteiger partial charge in [-0.15, -0.1) is 0 Å². The minimum Gasteiger partial charge on any atom is -0.411 e. The maximum Gasteiger partial charge on any atom is 0.587 e. The normalized spacial score (nSPS) is 19.6. The number of nitrogens with zero attached hydrogens (tertiary/aromatic N) is 4. The molecule has 0 unspecified atom stereocenters. The number of anilines is 1. The second kappa shape index (κ2) is 12.4. The van der Waals surface area contributed by atoms with Crippen LogP contribution in [0.2, 0.25) is 28.2 Å². The number of phosphoric acid groups is 1. The number of rotatable bonds is 10. The molecule has 0 spiro atoms. The zero-order valence-corrected chi connectivity index (χ0v) is 27.8. The first-order chi connectivity index (χ1) is 20.2. The van der Waals surface area contributed by atoms with Crippen LogP contribution in [0, 0.1) is 0 Å². The first-order valence-electron chi connectivity index (χ1n) is 13.6. The molecular weight excluding hydrogens is 632 g/mol. The van der Waals surface area contributed by atoms with Crippen molar-refractivity contribution in [1.82, 2.24) is 19.5 Å². The number of nitrogen functional groups attached to an aromatic ring is 1. The number of phosphoric ester groups is 1. The average Bonchev–Trinajstić information content (AvgIpc) is 3.54. The minimum absolute atomic E-state index is 0.0649. The Kier molecular flexibility index (Phi) is 9.11. The van der Waals surface area contributed by atoms with Crippen molar-refractivity contribution in [2.75, 3.05) is 12.3 Å². The molecule has 1 saturated heterocycles. The summed E-state index contributed by atoms with van der Waals surface area (Å²) in [7, 11) is -6.51. The van der Waals surface area contributed by atoms with Crippen molar-refractivity contribution in [3.63, 3.8) is 0 Å². The van der Waals surface area contributed by atoms with Gasteiger partial charge in [0.15, 0.2) is 19.8 Å². The lowest BCUT2D eigenvalue weighted by atomic mass is 10.2. The summed E-state index contributed by atoms with van der Waals surface area (Å²) >= 11 is 12.1. The fourth-order valence-corrected chi connectivity index (χ4v) is 7.11. The monoisotopic (exact) mass is 665 g/mol. The van der Waals surface area contributed by atoms with E-state index in [2.05, 4.69) is 48.8 Å². The number of hydrogen-bond donors (Lipinski definition) is 1. The Hall–Kier alpha value is -2.70. The van der Waals surface area contributed by atoms with Crippen LogP contribution < -0.4 is 14.8 Å². The summed E-state index contributed by atoms with van der Waals surface area (Å²) in [6.45, 7) is 10.7. The highest BCUT2D eigenvalue weighted by Gasteiger charge is 2.46. The van der Waals surface area contributed by atoms with Crippen LogP contribution in [0.25, 0.3) is 11.2 Å². The summed E-state index contributed by atoms with van der Waals surface area (Å²) in [5.74, 6) is 0.779. The molecule has 43 heavy (non-hydrogen) atoms. The molecule has 0 amide bonds. The van der Waals surface area contributed by atoms with Crippen molar-refractivity contribution in [1.29, 1.82) is 0 Å². The van der Waals surface area contributed by atoms with Crippen LogP contribution in [0.4, 0.5) is 5.82 Å². The molecule has 15 heteroatoms. The number of benzene rings is 2. The summed E-state index contributed by atoms with van der Waals surface area (Å²) in [5, 5.41) is 0.929. The molecule has 5 rings (SSSR count). The van der Waals surface area contributed by atoms with Gasteiger partial charge in [-0.05, 0) is 66.7 Å². The van der Waals surface area contributed by atoms with Crippen molar-refractivity contribution in [3.8, 4) is 11.5 Å². The molecule has 230 valence electrons. The molecule has 1 fully saturated rings. The molecule has 2 aromatic carbocycles. The summed E-state index contributed by atoms with van der Waals surface area (Å²) in [5.41, 5.74) is 7.02. The maximum atomic E-state index is 14.1. The van der Waals surface area contributed by atoms with Gasteiger partial charge >= 0.3 is 7.82 Å². The second-order valence-corrected chi connectivity index (χ2v) is 18.8. The van der Waals surface area contributed by atoms with Gasteiger partial charge in [-0.1, -0.05) is 44.0 Å². The van der Waals surface area contributed by atoms with Crippen molar-refractivity contribution < 1.29 is 27.3 Å². The van der Waals surface area contributed by atoms with E-state index in [4.69, 9.17) is 51.7 Å². The Morgan fingerprint density at radius 2 is 1.58 bits per heavy atom. The first-order valence-corrected chi connectivity index (χ1v) is 18.8. The van der Waals surface area contributed by atoms with Gasteiger partial charge in [-0.25, -0.2) is 19.5 Å². The number of hydrogen-bond acceptors (Lipinski definition) is 10. The van der Waals surface area contributed by atoms with Gasteiger partial charge in [0, 0.05) is 16.5 Å². The zero-order chi connectivity index (χ0) is 31.0. The van der Waals surface area contributed by atoms with Gasteiger partial charge in [-0.3, -0.25) is 9.09 Å². The van der Waals surface area contributed by atoms with E-state index in [-0.39, 0.29) is 29.0 Å². The molecule has 4 aromatic rings. The molecule has 0 bridgehead atoms. The predicted octanol–water partition coefficient (Wildman–Crippen LogP) is 7.68. The number of halogens is 2. The lowest BCUT2D eigenvalue weighted by molar-refractivity contribution is -0.0395. The maximum absolute atomic E-state index is 14.1. The molecule has 3 atom stereocenters. The van der Waals surface area contributed by atoms with Crippen LogP contribution in [-0.4, -0.2) is 46.7 Å². The average molecular weight is 667 g/mol. The van der Waals surface area contributed by atoms with Crippen LogP contribution in [0.1, 0.15) is 33.4 Å². The number of nitrogens with two attached hydrogens (primary N) is 1. The summed E-state index contributed by atoms with van der Waals surface area (Å²) < 4.78 is 46.7. The van der Waals surface area contributed by atoms with E-state index < -0.39 is 34.6 Å². The summed E-state index contributed by atoms with van der Waals surface area (Å²) in [6, 6.07) is 12.8. The molecule has 2 aromatic heterocycles. The molecule has 2 N–H and O–H groups in total. The van der Waals surface area contributed by atoms with Crippen molar-refractivity contribution in [2.24, 2.45) is 0 Å². The highest BCUT2D eigenvalue weighted by atomic mass is 35.5. The first kappa shape index (κ1) is 31.7. The Morgan fingerprint density at radius 1 is 1.00 bits per heavy atom. The predicted molar refractivity (Wildman–Crippen MR) is 168 cm³/mol. The number of aromatic nitrogens is 4. The number of ether oxygens (including phenoxy) is 1. The van der Waals surface area contributed by atoms with Crippen LogP contribution >= 0.6 is 31.0 Å². The number of imidazole rings is 1. The number of fused-ring (bicyclic) bond motifs is 1. The minimum atomic E-state index is -4.25.